The van der Waals surface area contributed by atoms with E-state index >= 15 is 0 Å². The fraction of sp³-hybridized carbons (Fsp3) is 0.400. The van der Waals surface area contributed by atoms with Crippen LogP contribution >= 0.6 is 0 Å². The first-order chi connectivity index (χ1) is 9.83. The van der Waals surface area contributed by atoms with Crippen molar-refractivity contribution in [1.29, 1.82) is 0 Å². The van der Waals surface area contributed by atoms with Crippen molar-refractivity contribution in [2.75, 3.05) is 0 Å². The van der Waals surface area contributed by atoms with Crippen molar-refractivity contribution in [3.05, 3.63) is 36.5 Å². The summed E-state index contributed by atoms with van der Waals surface area (Å²) in [6.07, 6.45) is 6.15. The maximum Gasteiger partial charge on any atom is 0.233 e. The minimum atomic E-state index is 0.0544. The lowest BCUT2D eigenvalue weighted by atomic mass is 9.93. The molecular weight excluding hydrogens is 252 g/mol. The Morgan fingerprint density at radius 1 is 1.00 bits per heavy atom. The van der Waals surface area contributed by atoms with Crippen molar-refractivity contribution in [3.8, 4) is 17.3 Å². The van der Waals surface area contributed by atoms with Gasteiger partial charge in [-0.05, 0) is 37.5 Å². The number of nitrogens with two attached hydrogens (primary N) is 1. The van der Waals surface area contributed by atoms with Crippen LogP contribution in [0.3, 0.4) is 0 Å². The second-order valence-corrected chi connectivity index (χ2v) is 5.08. The van der Waals surface area contributed by atoms with E-state index in [1.807, 2.05) is 30.3 Å². The molecule has 2 N–H and O–H groups in total. The molecule has 20 heavy (non-hydrogen) atoms. The normalized spacial score (nSPS) is 22.4. The summed E-state index contributed by atoms with van der Waals surface area (Å²) in [6.45, 7) is 0. The molecule has 1 unspecified atom stereocenters. The van der Waals surface area contributed by atoms with Gasteiger partial charge in [0.1, 0.15) is 11.8 Å². The Morgan fingerprint density at radius 2 is 1.90 bits per heavy atom. The molecular formula is C15H18N4O. The third kappa shape index (κ3) is 2.93. The van der Waals surface area contributed by atoms with Crippen LogP contribution in [0.5, 0.6) is 5.88 Å². The molecule has 0 radical (unpaired) electrons. The SMILES string of the molecule is N[C@@H]1CCCCC1Oc1ccc(-c2ccccn2)nn1. The maximum atomic E-state index is 6.06. The van der Waals surface area contributed by atoms with Crippen molar-refractivity contribution >= 4 is 0 Å². The molecule has 1 aliphatic rings. The summed E-state index contributed by atoms with van der Waals surface area (Å²) in [5.41, 5.74) is 7.61. The van der Waals surface area contributed by atoms with Crippen LogP contribution in [0.1, 0.15) is 25.7 Å². The van der Waals surface area contributed by atoms with Gasteiger partial charge in [-0.25, -0.2) is 0 Å². The number of aromatic nitrogens is 3. The Kier molecular flexibility index (Phi) is 3.87. The molecule has 0 amide bonds. The van der Waals surface area contributed by atoms with Crippen molar-refractivity contribution < 1.29 is 4.74 Å². The average molecular weight is 270 g/mol. The first-order valence-electron chi connectivity index (χ1n) is 7.00. The van der Waals surface area contributed by atoms with Crippen molar-refractivity contribution in [3.63, 3.8) is 0 Å². The minimum Gasteiger partial charge on any atom is -0.472 e. The van der Waals surface area contributed by atoms with Gasteiger partial charge in [0.25, 0.3) is 0 Å². The van der Waals surface area contributed by atoms with Gasteiger partial charge in [0.15, 0.2) is 0 Å². The summed E-state index contributed by atoms with van der Waals surface area (Å²) in [6, 6.07) is 9.51. The first-order valence-corrected chi connectivity index (χ1v) is 7.00. The predicted octanol–water partition coefficient (Wildman–Crippen LogP) is 2.19. The molecule has 2 aromatic heterocycles. The van der Waals surface area contributed by atoms with E-state index in [-0.39, 0.29) is 12.1 Å². The van der Waals surface area contributed by atoms with Gasteiger partial charge in [0, 0.05) is 18.3 Å². The van der Waals surface area contributed by atoms with E-state index in [4.69, 9.17) is 10.5 Å². The zero-order valence-corrected chi connectivity index (χ0v) is 11.3. The smallest absolute Gasteiger partial charge is 0.233 e. The number of hydrogen-bond acceptors (Lipinski definition) is 5. The van der Waals surface area contributed by atoms with E-state index in [1.165, 1.54) is 6.42 Å². The second kappa shape index (κ2) is 5.96. The van der Waals surface area contributed by atoms with Gasteiger partial charge in [0.05, 0.1) is 5.69 Å². The largest absolute Gasteiger partial charge is 0.472 e. The van der Waals surface area contributed by atoms with Crippen LogP contribution < -0.4 is 10.5 Å². The molecule has 3 rings (SSSR count). The lowest BCUT2D eigenvalue weighted by Gasteiger charge is -2.28. The first kappa shape index (κ1) is 13.0. The molecule has 2 atom stereocenters. The monoisotopic (exact) mass is 270 g/mol. The van der Waals surface area contributed by atoms with Crippen LogP contribution in [0, 0.1) is 0 Å². The van der Waals surface area contributed by atoms with Crippen LogP contribution in [0.4, 0.5) is 0 Å². The van der Waals surface area contributed by atoms with Crippen LogP contribution in [-0.2, 0) is 0 Å². The highest BCUT2D eigenvalue weighted by Crippen LogP contribution is 2.22. The topological polar surface area (TPSA) is 73.9 Å². The Labute approximate surface area is 118 Å². The molecule has 2 aromatic rings. The van der Waals surface area contributed by atoms with Gasteiger partial charge in [0.2, 0.25) is 5.88 Å². The van der Waals surface area contributed by atoms with Crippen molar-refractivity contribution in [2.24, 2.45) is 5.73 Å². The van der Waals surface area contributed by atoms with E-state index in [0.29, 0.717) is 5.88 Å². The van der Waals surface area contributed by atoms with E-state index in [9.17, 15) is 0 Å². The van der Waals surface area contributed by atoms with E-state index in [1.54, 1.807) is 6.20 Å². The number of ether oxygens (including phenoxy) is 1. The number of nitrogens with zero attached hydrogens (tertiary/aromatic N) is 3. The molecule has 0 aromatic carbocycles. The second-order valence-electron chi connectivity index (χ2n) is 5.08. The molecule has 0 aliphatic heterocycles. The van der Waals surface area contributed by atoms with E-state index in [2.05, 4.69) is 15.2 Å². The summed E-state index contributed by atoms with van der Waals surface area (Å²) < 4.78 is 5.84. The Hall–Kier alpha value is -2.01. The van der Waals surface area contributed by atoms with E-state index in [0.717, 1.165) is 30.7 Å². The van der Waals surface area contributed by atoms with Crippen molar-refractivity contribution in [2.45, 2.75) is 37.8 Å². The molecule has 1 saturated carbocycles. The van der Waals surface area contributed by atoms with Crippen LogP contribution in [-0.4, -0.2) is 27.3 Å². The van der Waals surface area contributed by atoms with Crippen LogP contribution in [0.2, 0.25) is 0 Å². The number of hydrogen-bond donors (Lipinski definition) is 1. The van der Waals surface area contributed by atoms with E-state index < -0.39 is 0 Å². The fourth-order valence-corrected chi connectivity index (χ4v) is 2.46. The zero-order valence-electron chi connectivity index (χ0n) is 11.3. The minimum absolute atomic E-state index is 0.0544. The Balaban J connectivity index is 1.70. The molecule has 2 heterocycles. The molecule has 104 valence electrons. The molecule has 0 bridgehead atoms. The maximum absolute atomic E-state index is 6.06. The molecule has 5 nitrogen and oxygen atoms in total. The summed E-state index contributed by atoms with van der Waals surface area (Å²) in [4.78, 5) is 4.24. The molecule has 0 spiro atoms. The summed E-state index contributed by atoms with van der Waals surface area (Å²) in [7, 11) is 0. The summed E-state index contributed by atoms with van der Waals surface area (Å²) in [5, 5.41) is 8.28. The van der Waals surface area contributed by atoms with Gasteiger partial charge in [-0.3, -0.25) is 4.98 Å². The molecule has 0 saturated heterocycles. The fourth-order valence-electron chi connectivity index (χ4n) is 2.46. The Bertz CT molecular complexity index is 544. The lowest BCUT2D eigenvalue weighted by molar-refractivity contribution is 0.125. The standard InChI is InChI=1S/C15H18N4O/c16-11-5-1-2-7-14(11)20-15-9-8-13(18-19-15)12-6-3-4-10-17-12/h3-4,6,8-11,14H,1-2,5,7,16H2/t11-,14?/m1/s1. The van der Waals surface area contributed by atoms with Gasteiger partial charge >= 0.3 is 0 Å². The van der Waals surface area contributed by atoms with Gasteiger partial charge in [-0.2, -0.15) is 0 Å². The molecule has 1 aliphatic carbocycles. The molecule has 5 heteroatoms. The quantitative estimate of drug-likeness (QED) is 0.925. The number of pyridine rings is 1. The Morgan fingerprint density at radius 3 is 2.60 bits per heavy atom. The zero-order chi connectivity index (χ0) is 13.8. The molecule has 1 fully saturated rings. The lowest BCUT2D eigenvalue weighted by Crippen LogP contribution is -2.41. The number of rotatable bonds is 3. The van der Waals surface area contributed by atoms with Crippen LogP contribution in [0.25, 0.3) is 11.4 Å². The predicted molar refractivity (Wildman–Crippen MR) is 76.1 cm³/mol. The van der Waals surface area contributed by atoms with Crippen LogP contribution in [0.15, 0.2) is 36.5 Å². The van der Waals surface area contributed by atoms with Gasteiger partial charge in [-0.1, -0.05) is 12.5 Å². The van der Waals surface area contributed by atoms with Gasteiger partial charge in [-0.15, -0.1) is 10.2 Å². The van der Waals surface area contributed by atoms with Crippen molar-refractivity contribution in [1.82, 2.24) is 15.2 Å². The summed E-state index contributed by atoms with van der Waals surface area (Å²) >= 11 is 0. The highest BCUT2D eigenvalue weighted by Gasteiger charge is 2.23. The third-order valence-corrected chi connectivity index (χ3v) is 3.59. The third-order valence-electron chi connectivity index (χ3n) is 3.59. The summed E-state index contributed by atoms with van der Waals surface area (Å²) in [5.74, 6) is 0.534. The average Bonchev–Trinajstić information content (AvgIpc) is 2.51. The van der Waals surface area contributed by atoms with Gasteiger partial charge < -0.3 is 10.5 Å². The highest BCUT2D eigenvalue weighted by atomic mass is 16.5. The highest BCUT2D eigenvalue weighted by molar-refractivity contribution is 5.52.